The van der Waals surface area contributed by atoms with Crippen LogP contribution in [-0.4, -0.2) is 11.9 Å². The van der Waals surface area contributed by atoms with E-state index in [0.717, 1.165) is 0 Å². The van der Waals surface area contributed by atoms with Gasteiger partial charge in [0.15, 0.2) is 0 Å². The predicted molar refractivity (Wildman–Crippen MR) is 78.2 cm³/mol. The van der Waals surface area contributed by atoms with Gasteiger partial charge in [0.1, 0.15) is 11.3 Å². The molecule has 2 rings (SSSR count). The van der Waals surface area contributed by atoms with Gasteiger partial charge in [-0.1, -0.05) is 30.3 Å². The number of hydrogen-bond acceptors (Lipinski definition) is 5. The normalized spacial score (nSPS) is 11.7. The molecular weight excluding hydrogens is 286 g/mol. The average molecular weight is 301 g/mol. The van der Waals surface area contributed by atoms with Gasteiger partial charge in [-0.25, -0.2) is 9.59 Å². The quantitative estimate of drug-likeness (QED) is 0.865. The van der Waals surface area contributed by atoms with Crippen molar-refractivity contribution < 1.29 is 18.7 Å². The first-order chi connectivity index (χ1) is 10.4. The number of carbonyl (C=O) groups excluding carboxylic acids is 2. The molecule has 2 aromatic rings. The monoisotopic (exact) mass is 301 g/mol. The van der Waals surface area contributed by atoms with Gasteiger partial charge in [0, 0.05) is 11.6 Å². The summed E-state index contributed by atoms with van der Waals surface area (Å²) in [5.74, 6) is -1.43. The second kappa shape index (κ2) is 6.26. The summed E-state index contributed by atoms with van der Waals surface area (Å²) in [5.41, 5.74) is 5.74. The maximum atomic E-state index is 12.3. The van der Waals surface area contributed by atoms with Crippen molar-refractivity contribution in [3.05, 3.63) is 69.3 Å². The van der Waals surface area contributed by atoms with Crippen LogP contribution in [0.5, 0.6) is 0 Å². The van der Waals surface area contributed by atoms with Crippen molar-refractivity contribution in [1.82, 2.24) is 0 Å². The van der Waals surface area contributed by atoms with Crippen LogP contribution in [0.2, 0.25) is 0 Å². The Labute approximate surface area is 126 Å². The van der Waals surface area contributed by atoms with E-state index < -0.39 is 23.6 Å². The molecule has 0 unspecified atom stereocenters. The number of esters is 1. The molecule has 0 radical (unpaired) electrons. The van der Waals surface area contributed by atoms with Gasteiger partial charge in [0.05, 0.1) is 0 Å². The molecule has 0 aliphatic carbocycles. The smallest absolute Gasteiger partial charge is 0.342 e. The lowest BCUT2D eigenvalue weighted by molar-refractivity contribution is -0.127. The number of nitrogens with two attached hydrogens (primary N) is 1. The first kappa shape index (κ1) is 15.5. The maximum Gasteiger partial charge on any atom is 0.342 e. The molecule has 0 aliphatic heterocycles. The van der Waals surface area contributed by atoms with Crippen LogP contribution < -0.4 is 11.4 Å². The van der Waals surface area contributed by atoms with Crippen molar-refractivity contribution in [2.24, 2.45) is 5.73 Å². The van der Waals surface area contributed by atoms with Crippen molar-refractivity contribution in [2.45, 2.75) is 20.0 Å². The number of rotatable bonds is 4. The van der Waals surface area contributed by atoms with Gasteiger partial charge in [0.2, 0.25) is 6.10 Å². The summed E-state index contributed by atoms with van der Waals surface area (Å²) in [6.45, 7) is 3.06. The molecule has 6 heteroatoms. The maximum absolute atomic E-state index is 12.3. The summed E-state index contributed by atoms with van der Waals surface area (Å²) < 4.78 is 10.1. The zero-order valence-corrected chi connectivity index (χ0v) is 12.2. The number of benzene rings is 1. The van der Waals surface area contributed by atoms with Gasteiger partial charge < -0.3 is 14.9 Å². The van der Waals surface area contributed by atoms with Crippen LogP contribution in [0.15, 0.2) is 45.6 Å². The van der Waals surface area contributed by atoms with Gasteiger partial charge in [-0.3, -0.25) is 4.79 Å². The molecule has 22 heavy (non-hydrogen) atoms. The molecular formula is C16H15NO5. The third kappa shape index (κ3) is 3.22. The molecule has 0 saturated carbocycles. The zero-order valence-electron chi connectivity index (χ0n) is 12.2. The van der Waals surface area contributed by atoms with E-state index >= 15 is 0 Å². The van der Waals surface area contributed by atoms with Crippen molar-refractivity contribution in [2.75, 3.05) is 0 Å². The molecule has 1 amide bonds. The minimum absolute atomic E-state index is 0.113. The zero-order chi connectivity index (χ0) is 16.3. The number of aryl methyl sites for hydroxylation is 2. The molecule has 1 aromatic heterocycles. The van der Waals surface area contributed by atoms with Crippen molar-refractivity contribution >= 4 is 11.9 Å². The molecule has 0 aliphatic rings. The molecule has 1 aromatic carbocycles. The minimum atomic E-state index is -1.21. The predicted octanol–water partition coefficient (Wildman–Crippen LogP) is 1.64. The summed E-state index contributed by atoms with van der Waals surface area (Å²) in [6, 6.07) is 9.63. The van der Waals surface area contributed by atoms with Crippen LogP contribution in [0, 0.1) is 13.8 Å². The Balaban J connectivity index is 2.34. The second-order valence-corrected chi connectivity index (χ2v) is 4.78. The molecule has 114 valence electrons. The lowest BCUT2D eigenvalue weighted by Crippen LogP contribution is -2.27. The summed E-state index contributed by atoms with van der Waals surface area (Å²) >= 11 is 0. The molecule has 1 heterocycles. The van der Waals surface area contributed by atoms with E-state index in [-0.39, 0.29) is 11.3 Å². The first-order valence-corrected chi connectivity index (χ1v) is 6.56. The van der Waals surface area contributed by atoms with Gasteiger partial charge in [-0.15, -0.1) is 0 Å². The Morgan fingerprint density at radius 1 is 1.18 bits per heavy atom. The second-order valence-electron chi connectivity index (χ2n) is 4.78. The third-order valence-electron chi connectivity index (χ3n) is 3.12. The molecule has 0 bridgehead atoms. The largest absolute Gasteiger partial charge is 0.444 e. The van der Waals surface area contributed by atoms with E-state index in [1.165, 1.54) is 13.0 Å². The van der Waals surface area contributed by atoms with Gasteiger partial charge >= 0.3 is 11.6 Å². The highest BCUT2D eigenvalue weighted by atomic mass is 16.5. The van der Waals surface area contributed by atoms with Crippen LogP contribution in [0.25, 0.3) is 0 Å². The Hall–Kier alpha value is -2.89. The SMILES string of the molecule is Cc1cc(=O)oc(C)c1C(=O)O[C@@H](C(N)=O)c1ccccc1. The molecule has 2 N–H and O–H groups in total. The van der Waals surface area contributed by atoms with E-state index in [1.54, 1.807) is 37.3 Å². The summed E-state index contributed by atoms with van der Waals surface area (Å²) in [4.78, 5) is 35.1. The summed E-state index contributed by atoms with van der Waals surface area (Å²) in [7, 11) is 0. The van der Waals surface area contributed by atoms with Crippen molar-refractivity contribution in [3.63, 3.8) is 0 Å². The highest BCUT2D eigenvalue weighted by Crippen LogP contribution is 2.21. The van der Waals surface area contributed by atoms with Crippen LogP contribution >= 0.6 is 0 Å². The van der Waals surface area contributed by atoms with Crippen molar-refractivity contribution in [1.29, 1.82) is 0 Å². The first-order valence-electron chi connectivity index (χ1n) is 6.56. The van der Waals surface area contributed by atoms with Crippen molar-refractivity contribution in [3.8, 4) is 0 Å². The van der Waals surface area contributed by atoms with Gasteiger partial charge in [-0.2, -0.15) is 0 Å². The number of primary amides is 1. The van der Waals surface area contributed by atoms with Gasteiger partial charge in [-0.05, 0) is 19.4 Å². The number of carbonyl (C=O) groups is 2. The Morgan fingerprint density at radius 3 is 2.36 bits per heavy atom. The number of amides is 1. The van der Waals surface area contributed by atoms with Crippen LogP contribution in [0.1, 0.15) is 33.3 Å². The molecule has 0 saturated heterocycles. The lowest BCUT2D eigenvalue weighted by atomic mass is 10.1. The topological polar surface area (TPSA) is 99.6 Å². The van der Waals surface area contributed by atoms with E-state index in [9.17, 15) is 14.4 Å². The lowest BCUT2D eigenvalue weighted by Gasteiger charge is -2.16. The fourth-order valence-corrected chi connectivity index (χ4v) is 2.15. The molecule has 0 fully saturated rings. The summed E-state index contributed by atoms with van der Waals surface area (Å²) in [5, 5.41) is 0. The third-order valence-corrected chi connectivity index (χ3v) is 3.12. The summed E-state index contributed by atoms with van der Waals surface area (Å²) in [6.07, 6.45) is -1.21. The van der Waals surface area contributed by atoms with Crippen LogP contribution in [-0.2, 0) is 9.53 Å². The molecule has 0 spiro atoms. The fourth-order valence-electron chi connectivity index (χ4n) is 2.15. The molecule has 6 nitrogen and oxygen atoms in total. The Morgan fingerprint density at radius 2 is 1.82 bits per heavy atom. The standard InChI is InChI=1S/C16H15NO5/c1-9-8-12(18)21-10(2)13(9)16(20)22-14(15(17)19)11-6-4-3-5-7-11/h3-8,14H,1-2H3,(H2,17,19)/t14-/m1/s1. The highest BCUT2D eigenvalue weighted by molar-refractivity contribution is 5.94. The Kier molecular flexibility index (Phi) is 4.41. The van der Waals surface area contributed by atoms with E-state index in [1.807, 2.05) is 0 Å². The van der Waals surface area contributed by atoms with E-state index in [2.05, 4.69) is 0 Å². The minimum Gasteiger partial charge on any atom is -0.444 e. The van der Waals surface area contributed by atoms with Crippen LogP contribution in [0.4, 0.5) is 0 Å². The number of hydrogen-bond donors (Lipinski definition) is 1. The fraction of sp³-hybridized carbons (Fsp3) is 0.188. The number of ether oxygens (including phenoxy) is 1. The van der Waals surface area contributed by atoms with Crippen LogP contribution in [0.3, 0.4) is 0 Å². The average Bonchev–Trinajstić information content (AvgIpc) is 2.44. The van der Waals surface area contributed by atoms with Gasteiger partial charge in [0.25, 0.3) is 5.91 Å². The van der Waals surface area contributed by atoms with E-state index in [4.69, 9.17) is 14.9 Å². The highest BCUT2D eigenvalue weighted by Gasteiger charge is 2.25. The Bertz CT molecular complexity index is 738. The molecule has 1 atom stereocenters. The van der Waals surface area contributed by atoms with E-state index in [0.29, 0.717) is 11.1 Å².